The molecular formula is C7H30Co2N12-10. The average Bonchev–Trinajstić information content (AvgIpc) is 2.32. The molecule has 0 aromatic rings. The van der Waals surface area contributed by atoms with E-state index in [-0.39, 0.29) is 82.8 Å². The Bertz CT molecular complexity index is 138. The molecule has 0 bridgehead atoms. The summed E-state index contributed by atoms with van der Waals surface area (Å²) < 4.78 is 0.865. The van der Waals surface area contributed by atoms with Gasteiger partial charge in [-0.1, -0.05) is 13.1 Å². The summed E-state index contributed by atoms with van der Waals surface area (Å²) in [7, 11) is 0. The number of quaternary nitrogens is 1. The van der Waals surface area contributed by atoms with Crippen molar-refractivity contribution in [3.05, 3.63) is 65.3 Å². The summed E-state index contributed by atoms with van der Waals surface area (Å²) in [4.78, 5) is 0. The van der Waals surface area contributed by atoms with Crippen molar-refractivity contribution in [3.8, 4) is 0 Å². The standard InChI is InChI=1S/C7H14N4.2Co.8H2N/c1-2-10-11(5-3-8-1)6-4-9-7-11;;;;;;;;;;/h1-7H2;;;8*1H2/q-2;;;8*-1. The molecule has 1 spiro atoms. The minimum Gasteiger partial charge on any atom is -0.693 e. The van der Waals surface area contributed by atoms with Crippen LogP contribution in [0.2, 0.25) is 0 Å². The molecule has 2 fully saturated rings. The van der Waals surface area contributed by atoms with Crippen molar-refractivity contribution in [1.29, 1.82) is 0 Å². The molecule has 0 amide bonds. The van der Waals surface area contributed by atoms with Crippen molar-refractivity contribution in [2.75, 3.05) is 45.9 Å². The Morgan fingerprint density at radius 1 is 0.524 bits per heavy atom. The van der Waals surface area contributed by atoms with E-state index in [0.717, 1.165) is 50.5 Å². The van der Waals surface area contributed by atoms with Gasteiger partial charge in [0.2, 0.25) is 0 Å². The van der Waals surface area contributed by atoms with Crippen molar-refractivity contribution >= 4 is 0 Å². The van der Waals surface area contributed by atoms with Crippen LogP contribution in [0, 0.1) is 0 Å². The van der Waals surface area contributed by atoms with E-state index in [4.69, 9.17) is 0 Å². The van der Waals surface area contributed by atoms with Gasteiger partial charge in [0.05, 0.1) is 0 Å². The molecule has 16 N–H and O–H groups in total. The summed E-state index contributed by atoms with van der Waals surface area (Å²) in [6, 6.07) is 0. The Balaban J connectivity index is -0.0000000206. The van der Waals surface area contributed by atoms with Gasteiger partial charge in [0, 0.05) is 46.6 Å². The van der Waals surface area contributed by atoms with Crippen molar-refractivity contribution in [1.82, 2.24) is 0 Å². The van der Waals surface area contributed by atoms with Crippen LogP contribution in [-0.4, -0.2) is 50.5 Å². The van der Waals surface area contributed by atoms with Gasteiger partial charge in [-0.05, 0) is 6.67 Å². The average molecular weight is 400 g/mol. The predicted octanol–water partition coefficient (Wildman–Crippen LogP) is 6.56. The summed E-state index contributed by atoms with van der Waals surface area (Å²) in [6.07, 6.45) is 0. The predicted molar refractivity (Wildman–Crippen MR) is 86.7 cm³/mol. The van der Waals surface area contributed by atoms with E-state index in [9.17, 15) is 0 Å². The fraction of sp³-hybridized carbons (Fsp3) is 1.00. The fourth-order valence-electron chi connectivity index (χ4n) is 1.65. The molecule has 21 heavy (non-hydrogen) atoms. The second-order valence-electron chi connectivity index (χ2n) is 3.17. The Hall–Kier alpha value is 0.533. The van der Waals surface area contributed by atoms with Crippen molar-refractivity contribution in [3.63, 3.8) is 0 Å². The van der Waals surface area contributed by atoms with Crippen molar-refractivity contribution in [2.45, 2.75) is 0 Å². The maximum atomic E-state index is 4.60. The molecule has 1 unspecified atom stereocenters. The Kier molecular flexibility index (Phi) is 78.9. The van der Waals surface area contributed by atoms with E-state index in [0.29, 0.717) is 0 Å². The van der Waals surface area contributed by atoms with E-state index in [1.54, 1.807) is 0 Å². The molecule has 2 aliphatic rings. The normalized spacial score (nSPS) is 20.6. The second kappa shape index (κ2) is 28.7. The van der Waals surface area contributed by atoms with Crippen LogP contribution in [0.4, 0.5) is 0 Å². The van der Waals surface area contributed by atoms with Gasteiger partial charge in [-0.2, -0.15) is 6.54 Å². The molecule has 0 aromatic carbocycles. The Morgan fingerprint density at radius 3 is 1.38 bits per heavy atom. The molecule has 1 atom stereocenters. The molecule has 0 aliphatic carbocycles. The van der Waals surface area contributed by atoms with Gasteiger partial charge < -0.3 is 69.9 Å². The van der Waals surface area contributed by atoms with Gasteiger partial charge in [-0.3, -0.25) is 0 Å². The molecule has 146 valence electrons. The van der Waals surface area contributed by atoms with E-state index >= 15 is 0 Å². The number of hydrogen-bond acceptors (Lipinski definition) is 0. The first-order valence-electron chi connectivity index (χ1n) is 4.23. The first-order valence-corrected chi connectivity index (χ1v) is 4.23. The zero-order chi connectivity index (χ0) is 7.57. The van der Waals surface area contributed by atoms with Gasteiger partial charge in [0.25, 0.3) is 0 Å². The molecule has 2 rings (SSSR count). The monoisotopic (exact) mass is 400 g/mol. The molecule has 0 saturated carbocycles. The number of nitrogens with zero attached hydrogens (tertiary/aromatic N) is 4. The van der Waals surface area contributed by atoms with Gasteiger partial charge >= 0.3 is 0 Å². The SMILES string of the molecule is C1C[N-][N+]2(CC[N-]1)CC[N-]C2.[Co].[Co].[NH2-].[NH2-].[NH2-].[NH2-].[NH2-].[NH2-].[NH2-].[NH2-]. The summed E-state index contributed by atoms with van der Waals surface area (Å²) in [5.74, 6) is 0. The van der Waals surface area contributed by atoms with E-state index in [2.05, 4.69) is 16.1 Å². The zero-order valence-corrected chi connectivity index (χ0v) is 14.1. The van der Waals surface area contributed by atoms with Crippen LogP contribution < -0.4 is 0 Å². The zero-order valence-electron chi connectivity index (χ0n) is 12.0. The maximum Gasteiger partial charge on any atom is 0.0495 e. The van der Waals surface area contributed by atoms with Crippen LogP contribution in [0.15, 0.2) is 0 Å². The molecule has 2 saturated heterocycles. The van der Waals surface area contributed by atoms with Gasteiger partial charge in [-0.15, -0.1) is 6.54 Å². The van der Waals surface area contributed by atoms with Gasteiger partial charge in [0.1, 0.15) is 0 Å². The molecule has 12 nitrogen and oxygen atoms in total. The molecule has 14 heteroatoms. The topological polar surface area (TPSA) is 310 Å². The molecule has 0 aromatic heterocycles. The molecular weight excluding hydrogens is 370 g/mol. The van der Waals surface area contributed by atoms with Crippen LogP contribution in [0.3, 0.4) is 0 Å². The van der Waals surface area contributed by atoms with Gasteiger partial charge in [0.15, 0.2) is 0 Å². The quantitative estimate of drug-likeness (QED) is 0.390. The molecule has 2 radical (unpaired) electrons. The van der Waals surface area contributed by atoms with Crippen LogP contribution in [0.1, 0.15) is 0 Å². The van der Waals surface area contributed by atoms with E-state index in [1.165, 1.54) is 0 Å². The van der Waals surface area contributed by atoms with Crippen LogP contribution >= 0.6 is 0 Å². The summed E-state index contributed by atoms with van der Waals surface area (Å²) in [6.45, 7) is 6.85. The number of nitrogens with two attached hydrogens (primary N) is 8. The third-order valence-corrected chi connectivity index (χ3v) is 2.37. The van der Waals surface area contributed by atoms with Gasteiger partial charge in [-0.25, -0.2) is 0 Å². The Labute approximate surface area is 149 Å². The smallest absolute Gasteiger partial charge is 0.0495 e. The van der Waals surface area contributed by atoms with Crippen LogP contribution in [0.5, 0.6) is 0 Å². The minimum absolute atomic E-state index is 0. The Morgan fingerprint density at radius 2 is 0.952 bits per heavy atom. The first-order chi connectivity index (χ1) is 5.41. The summed E-state index contributed by atoms with van der Waals surface area (Å²) in [5.41, 5.74) is 4.60. The largest absolute Gasteiger partial charge is 0.693 e. The first kappa shape index (κ1) is 57.8. The van der Waals surface area contributed by atoms with Crippen LogP contribution in [0.25, 0.3) is 65.3 Å². The fourth-order valence-corrected chi connectivity index (χ4v) is 1.65. The third-order valence-electron chi connectivity index (χ3n) is 2.37. The van der Waals surface area contributed by atoms with E-state index in [1.807, 2.05) is 0 Å². The summed E-state index contributed by atoms with van der Waals surface area (Å²) >= 11 is 0. The maximum absolute atomic E-state index is 4.60. The van der Waals surface area contributed by atoms with Crippen molar-refractivity contribution < 1.29 is 38.1 Å². The third kappa shape index (κ3) is 16.7. The second-order valence-corrected chi connectivity index (χ2v) is 3.17. The molecule has 2 heterocycles. The minimum atomic E-state index is 0. The summed E-state index contributed by atoms with van der Waals surface area (Å²) in [5, 5.41) is 8.68. The number of rotatable bonds is 0. The van der Waals surface area contributed by atoms with Crippen LogP contribution in [-0.2, 0) is 33.6 Å². The van der Waals surface area contributed by atoms with Crippen molar-refractivity contribution in [2.24, 2.45) is 0 Å². The number of hydrogen-bond donors (Lipinski definition) is 0. The molecule has 2 aliphatic heterocycles. The van der Waals surface area contributed by atoms with E-state index < -0.39 is 0 Å².